The second-order valence-corrected chi connectivity index (χ2v) is 8.06. The van der Waals surface area contributed by atoms with Gasteiger partial charge in [-0.3, -0.25) is 9.29 Å². The first kappa shape index (κ1) is 20.0. The molecule has 3 aromatic rings. The molecule has 2 aromatic carbocycles. The second kappa shape index (κ2) is 8.49. The number of anilines is 1. The van der Waals surface area contributed by atoms with Crippen LogP contribution in [0, 0.1) is 0 Å². The van der Waals surface area contributed by atoms with Gasteiger partial charge in [-0.25, -0.2) is 18.2 Å². The van der Waals surface area contributed by atoms with E-state index >= 15 is 0 Å². The summed E-state index contributed by atoms with van der Waals surface area (Å²) in [6.45, 7) is 1.84. The second-order valence-electron chi connectivity index (χ2n) is 5.61. The summed E-state index contributed by atoms with van der Waals surface area (Å²) in [7, 11) is -3.92. The maximum absolute atomic E-state index is 12.8. The standard InChI is InChI=1S/C19H19N3O4S2/c1-3-26-18(23)16-17(21-28(24,25)15-12-8-5-9-13-15)20-19(27-2)22(16)14-10-6-4-7-11-14/h4-13,21H,3H2,1-2H3. The summed E-state index contributed by atoms with van der Waals surface area (Å²) in [6, 6.07) is 17.0. The fourth-order valence-electron chi connectivity index (χ4n) is 2.60. The molecule has 0 spiro atoms. The Morgan fingerprint density at radius 3 is 2.29 bits per heavy atom. The summed E-state index contributed by atoms with van der Waals surface area (Å²) >= 11 is 1.29. The van der Waals surface area contributed by atoms with E-state index in [4.69, 9.17) is 4.74 Å². The highest BCUT2D eigenvalue weighted by atomic mass is 32.2. The van der Waals surface area contributed by atoms with Gasteiger partial charge >= 0.3 is 5.97 Å². The lowest BCUT2D eigenvalue weighted by Gasteiger charge is -2.11. The van der Waals surface area contributed by atoms with Gasteiger partial charge < -0.3 is 4.74 Å². The van der Waals surface area contributed by atoms with Gasteiger partial charge in [0.05, 0.1) is 11.5 Å². The number of thioether (sulfide) groups is 1. The van der Waals surface area contributed by atoms with Gasteiger partial charge in [0.25, 0.3) is 10.0 Å². The van der Waals surface area contributed by atoms with Crippen molar-refractivity contribution in [1.82, 2.24) is 9.55 Å². The van der Waals surface area contributed by atoms with Crippen LogP contribution in [0.3, 0.4) is 0 Å². The van der Waals surface area contributed by atoms with Crippen LogP contribution in [0.5, 0.6) is 0 Å². The first-order chi connectivity index (χ1) is 13.5. The van der Waals surface area contributed by atoms with Crippen LogP contribution >= 0.6 is 11.8 Å². The summed E-state index contributed by atoms with van der Waals surface area (Å²) in [4.78, 5) is 17.1. The van der Waals surface area contributed by atoms with Gasteiger partial charge in [0.2, 0.25) is 0 Å². The molecule has 9 heteroatoms. The summed E-state index contributed by atoms with van der Waals surface area (Å²) in [5.74, 6) is -0.736. The number of nitrogens with zero attached hydrogens (tertiary/aromatic N) is 2. The molecule has 0 radical (unpaired) electrons. The Bertz CT molecular complexity index is 1070. The number of sulfonamides is 1. The van der Waals surface area contributed by atoms with Crippen LogP contribution in [0.25, 0.3) is 5.69 Å². The molecular formula is C19H19N3O4S2. The van der Waals surface area contributed by atoms with Crippen molar-refractivity contribution in [2.45, 2.75) is 17.0 Å². The van der Waals surface area contributed by atoms with E-state index in [1.165, 1.54) is 23.9 Å². The monoisotopic (exact) mass is 417 g/mol. The van der Waals surface area contributed by atoms with Gasteiger partial charge in [-0.15, -0.1) is 0 Å². The highest BCUT2D eigenvalue weighted by Crippen LogP contribution is 2.29. The van der Waals surface area contributed by atoms with Crippen LogP contribution < -0.4 is 4.72 Å². The lowest BCUT2D eigenvalue weighted by Crippen LogP contribution is -2.18. The highest BCUT2D eigenvalue weighted by molar-refractivity contribution is 7.98. The van der Waals surface area contributed by atoms with E-state index in [1.54, 1.807) is 48.1 Å². The number of hydrogen-bond acceptors (Lipinski definition) is 6. The molecule has 0 unspecified atom stereocenters. The third-order valence-corrected chi connectivity index (χ3v) is 5.79. The number of ether oxygens (including phenoxy) is 1. The molecule has 28 heavy (non-hydrogen) atoms. The van der Waals surface area contributed by atoms with E-state index in [-0.39, 0.29) is 23.0 Å². The first-order valence-electron chi connectivity index (χ1n) is 8.45. The van der Waals surface area contributed by atoms with Gasteiger partial charge in [0.1, 0.15) is 0 Å². The SMILES string of the molecule is CCOC(=O)c1c(NS(=O)(=O)c2ccccc2)nc(SC)n1-c1ccccc1. The van der Waals surface area contributed by atoms with Crippen LogP contribution in [0.15, 0.2) is 70.7 Å². The average molecular weight is 418 g/mol. The quantitative estimate of drug-likeness (QED) is 0.467. The van der Waals surface area contributed by atoms with Gasteiger partial charge in [0, 0.05) is 5.69 Å². The topological polar surface area (TPSA) is 90.3 Å². The molecule has 3 rings (SSSR count). The predicted molar refractivity (Wildman–Crippen MR) is 109 cm³/mol. The van der Waals surface area contributed by atoms with Gasteiger partial charge in [0.15, 0.2) is 16.7 Å². The molecule has 0 amide bonds. The Kier molecular flexibility index (Phi) is 6.05. The van der Waals surface area contributed by atoms with Crippen LogP contribution in [-0.2, 0) is 14.8 Å². The fourth-order valence-corrected chi connectivity index (χ4v) is 4.19. The molecule has 0 aliphatic heterocycles. The lowest BCUT2D eigenvalue weighted by atomic mass is 10.3. The number of benzene rings is 2. The Morgan fingerprint density at radius 1 is 1.11 bits per heavy atom. The van der Waals surface area contributed by atoms with E-state index in [2.05, 4.69) is 9.71 Å². The number of carbonyl (C=O) groups is 1. The summed E-state index contributed by atoms with van der Waals surface area (Å²) < 4.78 is 34.7. The minimum Gasteiger partial charge on any atom is -0.461 e. The van der Waals surface area contributed by atoms with Crippen LogP contribution in [0.2, 0.25) is 0 Å². The van der Waals surface area contributed by atoms with Gasteiger partial charge in [-0.2, -0.15) is 0 Å². The Balaban J connectivity index is 2.16. The van der Waals surface area contributed by atoms with E-state index in [0.717, 1.165) is 0 Å². The first-order valence-corrected chi connectivity index (χ1v) is 11.2. The van der Waals surface area contributed by atoms with Gasteiger partial charge in [-0.05, 0) is 37.4 Å². The third kappa shape index (κ3) is 4.05. The molecule has 0 aliphatic carbocycles. The van der Waals surface area contributed by atoms with Crippen molar-refractivity contribution in [2.24, 2.45) is 0 Å². The Labute approximate surface area is 167 Å². The van der Waals surface area contributed by atoms with Gasteiger partial charge in [-0.1, -0.05) is 48.2 Å². The molecule has 0 saturated carbocycles. The molecule has 0 fully saturated rings. The minimum atomic E-state index is -3.92. The molecule has 0 aliphatic rings. The molecule has 0 saturated heterocycles. The Morgan fingerprint density at radius 2 is 1.71 bits per heavy atom. The minimum absolute atomic E-state index is 0.0249. The largest absolute Gasteiger partial charge is 0.461 e. The van der Waals surface area contributed by atoms with Crippen molar-refractivity contribution in [3.8, 4) is 5.69 Å². The third-order valence-electron chi connectivity index (χ3n) is 3.80. The fraction of sp³-hybridized carbons (Fsp3) is 0.158. The number of rotatable bonds is 7. The molecule has 1 aromatic heterocycles. The van der Waals surface area contributed by atoms with Crippen LogP contribution in [0.1, 0.15) is 17.4 Å². The Hall–Kier alpha value is -2.78. The van der Waals surface area contributed by atoms with Crippen molar-refractivity contribution in [3.63, 3.8) is 0 Å². The molecular weight excluding hydrogens is 398 g/mol. The number of imidazole rings is 1. The van der Waals surface area contributed by atoms with Crippen molar-refractivity contribution in [2.75, 3.05) is 17.6 Å². The van der Waals surface area contributed by atoms with E-state index in [0.29, 0.717) is 10.8 Å². The molecule has 0 atom stereocenters. The zero-order valence-corrected chi connectivity index (χ0v) is 17.0. The maximum atomic E-state index is 12.8. The lowest BCUT2D eigenvalue weighted by molar-refractivity contribution is 0.0517. The summed E-state index contributed by atoms with van der Waals surface area (Å²) in [6.07, 6.45) is 1.80. The number of aromatic nitrogens is 2. The number of hydrogen-bond donors (Lipinski definition) is 1. The van der Waals surface area contributed by atoms with Crippen LogP contribution in [0.4, 0.5) is 5.82 Å². The van der Waals surface area contributed by atoms with E-state index in [9.17, 15) is 13.2 Å². The predicted octanol–water partition coefficient (Wildman–Crippen LogP) is 3.57. The molecule has 146 valence electrons. The average Bonchev–Trinajstić information content (AvgIpc) is 3.07. The van der Waals surface area contributed by atoms with E-state index < -0.39 is 16.0 Å². The summed E-state index contributed by atoms with van der Waals surface area (Å²) in [5.41, 5.74) is 0.699. The summed E-state index contributed by atoms with van der Waals surface area (Å²) in [5, 5.41) is 0.458. The van der Waals surface area contributed by atoms with Crippen molar-refractivity contribution in [3.05, 3.63) is 66.4 Å². The zero-order valence-electron chi connectivity index (χ0n) is 15.3. The van der Waals surface area contributed by atoms with E-state index in [1.807, 2.05) is 18.2 Å². The normalized spacial score (nSPS) is 11.2. The molecule has 1 heterocycles. The molecule has 1 N–H and O–H groups in total. The van der Waals surface area contributed by atoms with Crippen molar-refractivity contribution >= 4 is 33.6 Å². The number of nitrogens with one attached hydrogen (secondary N) is 1. The number of carbonyl (C=O) groups excluding carboxylic acids is 1. The number of para-hydroxylation sites is 1. The van der Waals surface area contributed by atoms with Crippen molar-refractivity contribution in [1.29, 1.82) is 0 Å². The number of esters is 1. The zero-order chi connectivity index (χ0) is 20.1. The smallest absolute Gasteiger partial charge is 0.359 e. The van der Waals surface area contributed by atoms with Crippen molar-refractivity contribution < 1.29 is 17.9 Å². The highest BCUT2D eigenvalue weighted by Gasteiger charge is 2.28. The molecule has 7 nitrogen and oxygen atoms in total. The maximum Gasteiger partial charge on any atom is 0.359 e. The van der Waals surface area contributed by atoms with Crippen LogP contribution in [-0.4, -0.2) is 36.8 Å². The molecule has 0 bridgehead atoms.